The van der Waals surface area contributed by atoms with Crippen LogP contribution in [0, 0.1) is 11.8 Å². The second-order valence-corrected chi connectivity index (χ2v) is 5.24. The van der Waals surface area contributed by atoms with Crippen molar-refractivity contribution in [1.82, 2.24) is 0 Å². The van der Waals surface area contributed by atoms with Crippen LogP contribution in [0.2, 0.25) is 0 Å². The Morgan fingerprint density at radius 1 is 1.31 bits per heavy atom. The zero-order valence-corrected chi connectivity index (χ0v) is 10.8. The molecular weight excluding hydrogens is 200 g/mol. The zero-order chi connectivity index (χ0) is 12.3. The van der Waals surface area contributed by atoms with Crippen LogP contribution in [0.25, 0.3) is 0 Å². The van der Waals surface area contributed by atoms with Gasteiger partial charge in [0.05, 0.1) is 5.60 Å². The van der Waals surface area contributed by atoms with Crippen LogP contribution in [0.5, 0.6) is 0 Å². The Bertz CT molecular complexity index is 300. The molecule has 0 spiro atoms. The van der Waals surface area contributed by atoms with Crippen LogP contribution in [-0.2, 0) is 0 Å². The van der Waals surface area contributed by atoms with Crippen LogP contribution in [0.1, 0.15) is 40.5 Å². The van der Waals surface area contributed by atoms with Gasteiger partial charge in [-0.25, -0.2) is 0 Å². The van der Waals surface area contributed by atoms with Gasteiger partial charge in [0, 0.05) is 6.61 Å². The van der Waals surface area contributed by atoms with Crippen LogP contribution in [0.3, 0.4) is 0 Å². The van der Waals surface area contributed by atoms with E-state index in [1.807, 2.05) is 26.0 Å². The normalized spacial score (nSPS) is 30.9. The van der Waals surface area contributed by atoms with Crippen molar-refractivity contribution >= 4 is 0 Å². The molecule has 0 aromatic rings. The standard InChI is InChI=1S/C14H24O2/c1-5-6-14(4,16)13-8-11(3)10(2)7-12(13)9-15/h5-6,12-13,15-16H,7-9H2,1-4H3/b6-5+/t12-,13+,14-/m0/s1. The molecule has 0 radical (unpaired) electrons. The van der Waals surface area contributed by atoms with Crippen molar-refractivity contribution < 1.29 is 10.2 Å². The molecule has 0 fully saturated rings. The van der Waals surface area contributed by atoms with Crippen LogP contribution in [0.4, 0.5) is 0 Å². The molecule has 0 heterocycles. The van der Waals surface area contributed by atoms with Crippen molar-refractivity contribution in [2.75, 3.05) is 6.61 Å². The Labute approximate surface area is 98.7 Å². The van der Waals surface area contributed by atoms with Gasteiger partial charge in [0.15, 0.2) is 0 Å². The number of hydrogen-bond acceptors (Lipinski definition) is 2. The first kappa shape index (κ1) is 13.5. The van der Waals surface area contributed by atoms with Gasteiger partial charge < -0.3 is 10.2 Å². The smallest absolute Gasteiger partial charge is 0.0834 e. The molecule has 0 bridgehead atoms. The molecule has 0 aromatic carbocycles. The molecule has 2 nitrogen and oxygen atoms in total. The number of hydrogen-bond donors (Lipinski definition) is 2. The molecule has 0 aliphatic heterocycles. The zero-order valence-electron chi connectivity index (χ0n) is 10.8. The molecule has 0 saturated heterocycles. The molecule has 1 aliphatic carbocycles. The van der Waals surface area contributed by atoms with Gasteiger partial charge in [0.25, 0.3) is 0 Å². The Balaban J connectivity index is 2.95. The fourth-order valence-corrected chi connectivity index (χ4v) is 2.72. The highest BCUT2D eigenvalue weighted by atomic mass is 16.3. The van der Waals surface area contributed by atoms with Gasteiger partial charge in [0.1, 0.15) is 0 Å². The van der Waals surface area contributed by atoms with Crippen LogP contribution >= 0.6 is 0 Å². The van der Waals surface area contributed by atoms with E-state index in [1.165, 1.54) is 11.1 Å². The maximum atomic E-state index is 10.4. The Morgan fingerprint density at radius 3 is 2.38 bits per heavy atom. The third-order valence-electron chi connectivity index (χ3n) is 3.88. The summed E-state index contributed by atoms with van der Waals surface area (Å²) in [4.78, 5) is 0. The summed E-state index contributed by atoms with van der Waals surface area (Å²) in [6.07, 6.45) is 5.51. The number of aliphatic hydroxyl groups excluding tert-OH is 1. The number of allylic oxidation sites excluding steroid dienone is 3. The van der Waals surface area contributed by atoms with Crippen LogP contribution in [-0.4, -0.2) is 22.4 Å². The maximum Gasteiger partial charge on any atom is 0.0834 e. The van der Waals surface area contributed by atoms with Crippen molar-refractivity contribution in [3.05, 3.63) is 23.3 Å². The van der Waals surface area contributed by atoms with Gasteiger partial charge in [-0.1, -0.05) is 23.3 Å². The average Bonchev–Trinajstić information content (AvgIpc) is 2.21. The van der Waals surface area contributed by atoms with E-state index >= 15 is 0 Å². The van der Waals surface area contributed by atoms with Gasteiger partial charge >= 0.3 is 0 Å². The predicted octanol–water partition coefficient (Wildman–Crippen LogP) is 2.67. The van der Waals surface area contributed by atoms with Crippen molar-refractivity contribution in [2.24, 2.45) is 11.8 Å². The lowest BCUT2D eigenvalue weighted by Gasteiger charge is -2.40. The summed E-state index contributed by atoms with van der Waals surface area (Å²) in [5, 5.41) is 19.9. The minimum atomic E-state index is -0.815. The van der Waals surface area contributed by atoms with Gasteiger partial charge in [-0.15, -0.1) is 0 Å². The molecule has 0 amide bonds. The second-order valence-electron chi connectivity index (χ2n) is 5.24. The highest BCUT2D eigenvalue weighted by molar-refractivity contribution is 5.19. The van der Waals surface area contributed by atoms with E-state index in [-0.39, 0.29) is 18.4 Å². The van der Waals surface area contributed by atoms with Crippen molar-refractivity contribution in [3.8, 4) is 0 Å². The molecule has 1 aliphatic rings. The summed E-state index contributed by atoms with van der Waals surface area (Å²) in [6.45, 7) is 8.16. The van der Waals surface area contributed by atoms with Crippen molar-refractivity contribution in [3.63, 3.8) is 0 Å². The molecule has 2 heteroatoms. The summed E-state index contributed by atoms with van der Waals surface area (Å²) in [6, 6.07) is 0. The van der Waals surface area contributed by atoms with Gasteiger partial charge in [-0.2, -0.15) is 0 Å². The number of aliphatic hydroxyl groups is 2. The Hall–Kier alpha value is -0.600. The monoisotopic (exact) mass is 224 g/mol. The molecular formula is C14H24O2. The summed E-state index contributed by atoms with van der Waals surface area (Å²) in [5.74, 6) is 0.298. The molecule has 0 saturated carbocycles. The van der Waals surface area contributed by atoms with Crippen LogP contribution in [0.15, 0.2) is 23.3 Å². The van der Waals surface area contributed by atoms with Crippen LogP contribution < -0.4 is 0 Å². The lowest BCUT2D eigenvalue weighted by molar-refractivity contribution is -0.00378. The molecule has 1 rings (SSSR count). The third-order valence-corrected chi connectivity index (χ3v) is 3.88. The first-order chi connectivity index (χ1) is 7.42. The minimum absolute atomic E-state index is 0.123. The van der Waals surface area contributed by atoms with E-state index in [0.717, 1.165) is 12.8 Å². The van der Waals surface area contributed by atoms with E-state index < -0.39 is 5.60 Å². The molecule has 16 heavy (non-hydrogen) atoms. The Morgan fingerprint density at radius 2 is 1.88 bits per heavy atom. The van der Waals surface area contributed by atoms with E-state index in [1.54, 1.807) is 0 Å². The second kappa shape index (κ2) is 5.15. The molecule has 2 N–H and O–H groups in total. The lowest BCUT2D eigenvalue weighted by atomic mass is 9.69. The van der Waals surface area contributed by atoms with Gasteiger partial charge in [-0.05, 0) is 52.4 Å². The summed E-state index contributed by atoms with van der Waals surface area (Å²) in [7, 11) is 0. The van der Waals surface area contributed by atoms with E-state index in [4.69, 9.17) is 0 Å². The highest BCUT2D eigenvalue weighted by Gasteiger charge is 2.37. The van der Waals surface area contributed by atoms with E-state index in [0.29, 0.717) is 0 Å². The topological polar surface area (TPSA) is 40.5 Å². The first-order valence-corrected chi connectivity index (χ1v) is 6.04. The molecule has 92 valence electrons. The fraction of sp³-hybridized carbons (Fsp3) is 0.714. The SMILES string of the molecule is C/C=C/[C@](C)(O)[C@@H]1CC(C)=C(C)C[C@H]1CO. The Kier molecular flexibility index (Phi) is 4.34. The van der Waals surface area contributed by atoms with Gasteiger partial charge in [-0.3, -0.25) is 0 Å². The molecule has 3 atom stereocenters. The maximum absolute atomic E-state index is 10.4. The van der Waals surface area contributed by atoms with Gasteiger partial charge in [0.2, 0.25) is 0 Å². The predicted molar refractivity (Wildman–Crippen MR) is 67.1 cm³/mol. The average molecular weight is 224 g/mol. The molecule has 0 aromatic heterocycles. The summed E-state index contributed by atoms with van der Waals surface area (Å²) in [5.41, 5.74) is 1.91. The van der Waals surface area contributed by atoms with Crippen molar-refractivity contribution in [2.45, 2.75) is 46.1 Å². The first-order valence-electron chi connectivity index (χ1n) is 6.04. The fourth-order valence-electron chi connectivity index (χ4n) is 2.72. The number of rotatable bonds is 3. The van der Waals surface area contributed by atoms with Crippen molar-refractivity contribution in [1.29, 1.82) is 0 Å². The lowest BCUT2D eigenvalue weighted by Crippen LogP contribution is -2.41. The third kappa shape index (κ3) is 2.74. The summed E-state index contributed by atoms with van der Waals surface area (Å²) < 4.78 is 0. The van der Waals surface area contributed by atoms with E-state index in [9.17, 15) is 10.2 Å². The largest absolute Gasteiger partial charge is 0.396 e. The summed E-state index contributed by atoms with van der Waals surface area (Å²) >= 11 is 0. The van der Waals surface area contributed by atoms with E-state index in [2.05, 4.69) is 13.8 Å². The highest BCUT2D eigenvalue weighted by Crippen LogP contribution is 2.40. The molecule has 0 unspecified atom stereocenters. The quantitative estimate of drug-likeness (QED) is 0.724. The minimum Gasteiger partial charge on any atom is -0.396 e.